The molecule has 1 aromatic heterocycles. The molecule has 0 unspecified atom stereocenters. The number of aryl methyl sites for hydroxylation is 2. The smallest absolute Gasteiger partial charge is 0.276 e. The maximum Gasteiger partial charge on any atom is 0.276 e. The summed E-state index contributed by atoms with van der Waals surface area (Å²) in [6.45, 7) is 4.61. The fourth-order valence-electron chi connectivity index (χ4n) is 2.83. The number of amides is 1. The van der Waals surface area contributed by atoms with Gasteiger partial charge in [-0.15, -0.1) is 0 Å². The first-order valence-electron chi connectivity index (χ1n) is 8.74. The summed E-state index contributed by atoms with van der Waals surface area (Å²) in [5, 5.41) is 7.34. The summed E-state index contributed by atoms with van der Waals surface area (Å²) < 4.78 is 12.5. The number of carbonyl (C=O) groups is 1. The molecule has 0 aliphatic rings. The minimum absolute atomic E-state index is 0.250. The van der Waals surface area contributed by atoms with E-state index in [1.165, 1.54) is 0 Å². The second-order valence-corrected chi connectivity index (χ2v) is 6.12. The molecule has 1 amide bonds. The van der Waals surface area contributed by atoms with E-state index in [4.69, 9.17) is 9.47 Å². The number of anilines is 1. The van der Waals surface area contributed by atoms with E-state index < -0.39 is 0 Å². The van der Waals surface area contributed by atoms with Gasteiger partial charge in [-0.25, -0.2) is 0 Å². The lowest BCUT2D eigenvalue weighted by Crippen LogP contribution is -2.13. The molecule has 0 saturated heterocycles. The molecule has 0 saturated carbocycles. The summed E-state index contributed by atoms with van der Waals surface area (Å²) >= 11 is 0. The van der Waals surface area contributed by atoms with E-state index in [1.54, 1.807) is 25.0 Å². The number of carbonyl (C=O) groups excluding carboxylic acids is 1. The van der Waals surface area contributed by atoms with Gasteiger partial charge < -0.3 is 14.8 Å². The largest absolute Gasteiger partial charge is 0.497 e. The van der Waals surface area contributed by atoms with E-state index in [2.05, 4.69) is 10.4 Å². The third-order valence-electron chi connectivity index (χ3n) is 4.31. The van der Waals surface area contributed by atoms with Gasteiger partial charge in [0, 0.05) is 23.9 Å². The molecule has 27 heavy (non-hydrogen) atoms. The summed E-state index contributed by atoms with van der Waals surface area (Å²) in [4.78, 5) is 12.6. The number of ether oxygens (including phenoxy) is 2. The van der Waals surface area contributed by atoms with Crippen LogP contribution in [0.3, 0.4) is 0 Å². The molecule has 0 aliphatic heterocycles. The molecule has 6 nitrogen and oxygen atoms in total. The number of benzene rings is 2. The fraction of sp³-hybridized carbons (Fsp3) is 0.238. The first-order valence-corrected chi connectivity index (χ1v) is 8.74. The lowest BCUT2D eigenvalue weighted by atomic mass is 10.1. The highest BCUT2D eigenvalue weighted by atomic mass is 16.5. The molecule has 2 aromatic carbocycles. The number of rotatable bonds is 6. The van der Waals surface area contributed by atoms with E-state index in [0.717, 1.165) is 22.5 Å². The molecule has 3 rings (SSSR count). The van der Waals surface area contributed by atoms with Crippen molar-refractivity contribution in [3.8, 4) is 22.8 Å². The van der Waals surface area contributed by atoms with Gasteiger partial charge in [0.15, 0.2) is 5.69 Å². The molecule has 6 heteroatoms. The van der Waals surface area contributed by atoms with Crippen LogP contribution < -0.4 is 14.8 Å². The molecule has 0 bridgehead atoms. The SMILES string of the molecule is CCn1nc(C(=O)Nc2ccc(C)cc2)cc1-c1ccc(OC)cc1OC. The maximum atomic E-state index is 12.6. The van der Waals surface area contributed by atoms with Gasteiger partial charge in [0.1, 0.15) is 11.5 Å². The second kappa shape index (κ2) is 7.95. The predicted molar refractivity (Wildman–Crippen MR) is 106 cm³/mol. The van der Waals surface area contributed by atoms with Gasteiger partial charge in [-0.2, -0.15) is 5.10 Å². The molecule has 0 atom stereocenters. The summed E-state index contributed by atoms with van der Waals surface area (Å²) in [5.74, 6) is 1.12. The Kier molecular flexibility index (Phi) is 5.45. The minimum atomic E-state index is -0.250. The van der Waals surface area contributed by atoms with Crippen LogP contribution in [-0.4, -0.2) is 29.9 Å². The average Bonchev–Trinajstić information content (AvgIpc) is 3.13. The van der Waals surface area contributed by atoms with Gasteiger partial charge in [0.2, 0.25) is 0 Å². The Morgan fingerprint density at radius 3 is 2.44 bits per heavy atom. The second-order valence-electron chi connectivity index (χ2n) is 6.12. The Hall–Kier alpha value is -3.28. The van der Waals surface area contributed by atoms with Crippen molar-refractivity contribution in [3.63, 3.8) is 0 Å². The van der Waals surface area contributed by atoms with Crippen molar-refractivity contribution >= 4 is 11.6 Å². The van der Waals surface area contributed by atoms with Crippen LogP contribution in [0.25, 0.3) is 11.3 Å². The normalized spacial score (nSPS) is 10.5. The molecule has 1 heterocycles. The van der Waals surface area contributed by atoms with Crippen LogP contribution in [0.1, 0.15) is 23.0 Å². The quantitative estimate of drug-likeness (QED) is 0.713. The van der Waals surface area contributed by atoms with Crippen molar-refractivity contribution in [2.24, 2.45) is 0 Å². The Morgan fingerprint density at radius 2 is 1.81 bits per heavy atom. The number of methoxy groups -OCH3 is 2. The summed E-state index contributed by atoms with van der Waals surface area (Å²) in [6.07, 6.45) is 0. The molecular weight excluding hydrogens is 342 g/mol. The maximum absolute atomic E-state index is 12.6. The standard InChI is InChI=1S/C21H23N3O3/c1-5-24-19(17-11-10-16(26-3)12-20(17)27-4)13-18(23-24)21(25)22-15-8-6-14(2)7-9-15/h6-13H,5H2,1-4H3,(H,22,25). The van der Waals surface area contributed by atoms with Crippen LogP contribution in [0.2, 0.25) is 0 Å². The lowest BCUT2D eigenvalue weighted by molar-refractivity contribution is 0.102. The highest BCUT2D eigenvalue weighted by molar-refractivity contribution is 6.03. The van der Waals surface area contributed by atoms with Crippen LogP contribution in [0.4, 0.5) is 5.69 Å². The van der Waals surface area contributed by atoms with Gasteiger partial charge in [0.05, 0.1) is 19.9 Å². The highest BCUT2D eigenvalue weighted by Crippen LogP contribution is 2.33. The number of nitrogens with one attached hydrogen (secondary N) is 1. The highest BCUT2D eigenvalue weighted by Gasteiger charge is 2.18. The zero-order valence-corrected chi connectivity index (χ0v) is 15.9. The third-order valence-corrected chi connectivity index (χ3v) is 4.31. The minimum Gasteiger partial charge on any atom is -0.497 e. The zero-order chi connectivity index (χ0) is 19.4. The zero-order valence-electron chi connectivity index (χ0n) is 15.9. The van der Waals surface area contributed by atoms with E-state index >= 15 is 0 Å². The van der Waals surface area contributed by atoms with E-state index in [0.29, 0.717) is 23.7 Å². The fourth-order valence-corrected chi connectivity index (χ4v) is 2.83. The predicted octanol–water partition coefficient (Wildman–Crippen LogP) is 4.15. The third kappa shape index (κ3) is 3.95. The van der Waals surface area contributed by atoms with Gasteiger partial charge in [-0.05, 0) is 44.2 Å². The van der Waals surface area contributed by atoms with Crippen molar-refractivity contribution in [1.29, 1.82) is 0 Å². The molecular formula is C21H23N3O3. The van der Waals surface area contributed by atoms with E-state index in [9.17, 15) is 4.79 Å². The lowest BCUT2D eigenvalue weighted by Gasteiger charge is -2.11. The van der Waals surface area contributed by atoms with Crippen LogP contribution in [-0.2, 0) is 6.54 Å². The van der Waals surface area contributed by atoms with Crippen molar-refractivity contribution in [3.05, 3.63) is 59.8 Å². The molecule has 140 valence electrons. The van der Waals surface area contributed by atoms with Crippen molar-refractivity contribution in [1.82, 2.24) is 9.78 Å². The van der Waals surface area contributed by atoms with Gasteiger partial charge in [0.25, 0.3) is 5.91 Å². The van der Waals surface area contributed by atoms with Crippen LogP contribution >= 0.6 is 0 Å². The summed E-state index contributed by atoms with van der Waals surface area (Å²) in [7, 11) is 3.22. The topological polar surface area (TPSA) is 65.4 Å². The molecule has 3 aromatic rings. The monoisotopic (exact) mass is 365 g/mol. The van der Waals surface area contributed by atoms with E-state index in [1.807, 2.05) is 56.3 Å². The first kappa shape index (κ1) is 18.5. The first-order chi connectivity index (χ1) is 13.0. The molecule has 0 fully saturated rings. The number of nitrogens with zero attached hydrogens (tertiary/aromatic N) is 2. The van der Waals surface area contributed by atoms with Crippen LogP contribution in [0.5, 0.6) is 11.5 Å². The van der Waals surface area contributed by atoms with Crippen LogP contribution in [0, 0.1) is 6.92 Å². The average molecular weight is 365 g/mol. The molecule has 1 N–H and O–H groups in total. The summed E-state index contributed by atoms with van der Waals surface area (Å²) in [6, 6.07) is 15.0. The van der Waals surface area contributed by atoms with Gasteiger partial charge in [-0.1, -0.05) is 17.7 Å². The van der Waals surface area contributed by atoms with E-state index in [-0.39, 0.29) is 5.91 Å². The molecule has 0 radical (unpaired) electrons. The number of aromatic nitrogens is 2. The molecule has 0 aliphatic carbocycles. The van der Waals surface area contributed by atoms with Gasteiger partial charge in [-0.3, -0.25) is 9.48 Å². The Balaban J connectivity index is 1.93. The number of hydrogen-bond acceptors (Lipinski definition) is 4. The Morgan fingerprint density at radius 1 is 1.07 bits per heavy atom. The Labute approximate surface area is 158 Å². The van der Waals surface area contributed by atoms with Crippen molar-refractivity contribution in [2.75, 3.05) is 19.5 Å². The van der Waals surface area contributed by atoms with Crippen molar-refractivity contribution in [2.45, 2.75) is 20.4 Å². The van der Waals surface area contributed by atoms with Gasteiger partial charge >= 0.3 is 0 Å². The van der Waals surface area contributed by atoms with Crippen molar-refractivity contribution < 1.29 is 14.3 Å². The number of hydrogen-bond donors (Lipinski definition) is 1. The van der Waals surface area contributed by atoms with Crippen LogP contribution in [0.15, 0.2) is 48.5 Å². The molecule has 0 spiro atoms. The summed E-state index contributed by atoms with van der Waals surface area (Å²) in [5.41, 5.74) is 3.88. The Bertz CT molecular complexity index is 946.